The van der Waals surface area contributed by atoms with E-state index in [1.54, 1.807) is 18.2 Å². The maximum absolute atomic E-state index is 13.6. The fourth-order valence-corrected chi connectivity index (χ4v) is 2.86. The second kappa shape index (κ2) is 7.25. The fraction of sp³-hybridized carbons (Fsp3) is 0.263. The summed E-state index contributed by atoms with van der Waals surface area (Å²) in [6, 6.07) is 13.5. The summed E-state index contributed by atoms with van der Waals surface area (Å²) >= 11 is 0. The van der Waals surface area contributed by atoms with Crippen molar-refractivity contribution < 1.29 is 32.9 Å². The van der Waals surface area contributed by atoms with Gasteiger partial charge in [-0.05, 0) is 17.7 Å². The van der Waals surface area contributed by atoms with Crippen LogP contribution in [0.25, 0.3) is 0 Å². The Morgan fingerprint density at radius 3 is 2.50 bits per heavy atom. The third-order valence-corrected chi connectivity index (χ3v) is 4.40. The van der Waals surface area contributed by atoms with Crippen molar-refractivity contribution >= 4 is 11.6 Å². The molecule has 3 rings (SSSR count). The number of rotatable bonds is 4. The molecule has 0 saturated carbocycles. The van der Waals surface area contributed by atoms with Crippen LogP contribution in [0.4, 0.5) is 13.2 Å². The van der Waals surface area contributed by atoms with E-state index in [1.165, 1.54) is 43.5 Å². The minimum absolute atomic E-state index is 0.0839. The normalized spacial score (nSPS) is 20.6. The molecule has 0 spiro atoms. The van der Waals surface area contributed by atoms with Crippen LogP contribution in [0.5, 0.6) is 5.75 Å². The Labute approximate surface area is 158 Å². The van der Waals surface area contributed by atoms with Crippen LogP contribution >= 0.6 is 0 Å². The van der Waals surface area contributed by atoms with E-state index >= 15 is 0 Å². The quantitative estimate of drug-likeness (QED) is 0.835. The standard InChI is InChI=1S/C19H17F3N2O4/c1-28-14-9-5-8-13(10-14)15-11-18(27,19(20,21)22)24(23-15)17(26)16(25)12-6-3-2-4-7-12/h2-10,16,25,27H,11H2,1H3. The van der Waals surface area contributed by atoms with Gasteiger partial charge in [0.25, 0.3) is 11.6 Å². The van der Waals surface area contributed by atoms with Crippen LogP contribution in [-0.2, 0) is 4.79 Å². The lowest BCUT2D eigenvalue weighted by molar-refractivity contribution is -0.303. The molecule has 2 N–H and O–H groups in total. The van der Waals surface area contributed by atoms with Gasteiger partial charge in [0, 0.05) is 5.56 Å². The summed E-state index contributed by atoms with van der Waals surface area (Å²) in [6.07, 6.45) is -8.08. The van der Waals surface area contributed by atoms with E-state index in [0.29, 0.717) is 5.75 Å². The largest absolute Gasteiger partial charge is 0.497 e. The number of methoxy groups -OCH3 is 1. The maximum atomic E-state index is 13.6. The second-order valence-electron chi connectivity index (χ2n) is 6.23. The van der Waals surface area contributed by atoms with Crippen LogP contribution in [0.3, 0.4) is 0 Å². The molecule has 2 aromatic rings. The molecule has 2 atom stereocenters. The van der Waals surface area contributed by atoms with Crippen LogP contribution in [-0.4, -0.2) is 45.9 Å². The number of carbonyl (C=O) groups excluding carboxylic acids is 1. The van der Waals surface area contributed by atoms with E-state index in [-0.39, 0.29) is 21.8 Å². The van der Waals surface area contributed by atoms with E-state index in [0.717, 1.165) is 0 Å². The van der Waals surface area contributed by atoms with Crippen molar-refractivity contribution in [2.24, 2.45) is 5.10 Å². The predicted molar refractivity (Wildman–Crippen MR) is 93.4 cm³/mol. The van der Waals surface area contributed by atoms with Gasteiger partial charge in [-0.25, -0.2) is 0 Å². The molecule has 0 bridgehead atoms. The van der Waals surface area contributed by atoms with Crippen molar-refractivity contribution in [2.75, 3.05) is 7.11 Å². The van der Waals surface area contributed by atoms with Crippen molar-refractivity contribution in [1.82, 2.24) is 5.01 Å². The number of hydrazone groups is 1. The monoisotopic (exact) mass is 394 g/mol. The molecule has 9 heteroatoms. The molecule has 1 amide bonds. The number of nitrogens with zero attached hydrogens (tertiary/aromatic N) is 2. The van der Waals surface area contributed by atoms with Crippen LogP contribution in [0.2, 0.25) is 0 Å². The lowest BCUT2D eigenvalue weighted by atomic mass is 10.00. The molecule has 6 nitrogen and oxygen atoms in total. The smallest absolute Gasteiger partial charge is 0.438 e. The first kappa shape index (κ1) is 19.8. The number of benzene rings is 2. The number of halogens is 3. The summed E-state index contributed by atoms with van der Waals surface area (Å²) < 4.78 is 45.9. The Balaban J connectivity index is 2.01. The van der Waals surface area contributed by atoms with Gasteiger partial charge in [-0.1, -0.05) is 42.5 Å². The lowest BCUT2D eigenvalue weighted by Crippen LogP contribution is -2.57. The average molecular weight is 394 g/mol. The highest BCUT2D eigenvalue weighted by molar-refractivity contribution is 6.04. The highest BCUT2D eigenvalue weighted by Crippen LogP contribution is 2.42. The lowest BCUT2D eigenvalue weighted by Gasteiger charge is -2.33. The molecule has 0 aliphatic carbocycles. The number of aliphatic hydroxyl groups is 2. The molecule has 1 heterocycles. The molecule has 1 aliphatic rings. The highest BCUT2D eigenvalue weighted by Gasteiger charge is 2.63. The molecule has 28 heavy (non-hydrogen) atoms. The van der Waals surface area contributed by atoms with E-state index in [1.807, 2.05) is 0 Å². The molecule has 2 aromatic carbocycles. The average Bonchev–Trinajstić information content (AvgIpc) is 3.06. The van der Waals surface area contributed by atoms with Gasteiger partial charge >= 0.3 is 6.18 Å². The topological polar surface area (TPSA) is 82.4 Å². The predicted octanol–water partition coefficient (Wildman–Crippen LogP) is 2.62. The first-order valence-electron chi connectivity index (χ1n) is 8.25. The summed E-state index contributed by atoms with van der Waals surface area (Å²) in [6.45, 7) is 0. The Bertz CT molecular complexity index is 902. The summed E-state index contributed by atoms with van der Waals surface area (Å²) in [5, 5.41) is 24.2. The number of alkyl halides is 3. The maximum Gasteiger partial charge on any atom is 0.438 e. The first-order chi connectivity index (χ1) is 13.2. The van der Waals surface area contributed by atoms with E-state index in [4.69, 9.17) is 4.74 Å². The van der Waals surface area contributed by atoms with Gasteiger partial charge in [0.15, 0.2) is 6.10 Å². The van der Waals surface area contributed by atoms with Crippen LogP contribution in [0.15, 0.2) is 59.7 Å². The molecule has 0 radical (unpaired) electrons. The van der Waals surface area contributed by atoms with Gasteiger partial charge in [0.05, 0.1) is 19.2 Å². The Morgan fingerprint density at radius 2 is 1.89 bits per heavy atom. The number of aliphatic hydroxyl groups excluding tert-OH is 1. The molecular formula is C19H17F3N2O4. The Hall–Kier alpha value is -2.91. The van der Waals surface area contributed by atoms with E-state index in [2.05, 4.69) is 5.10 Å². The van der Waals surface area contributed by atoms with Gasteiger partial charge < -0.3 is 14.9 Å². The molecular weight excluding hydrogens is 377 g/mol. The molecule has 1 aliphatic heterocycles. The zero-order valence-electron chi connectivity index (χ0n) is 14.7. The summed E-state index contributed by atoms with van der Waals surface area (Å²) in [5.74, 6) is -1.01. The Morgan fingerprint density at radius 1 is 1.21 bits per heavy atom. The van der Waals surface area contributed by atoms with E-state index < -0.39 is 30.3 Å². The molecule has 148 valence electrons. The van der Waals surface area contributed by atoms with Gasteiger partial charge in [0.2, 0.25) is 0 Å². The number of hydrogen-bond donors (Lipinski definition) is 2. The van der Waals surface area contributed by atoms with Crippen LogP contribution in [0, 0.1) is 0 Å². The minimum atomic E-state index is -5.19. The van der Waals surface area contributed by atoms with Crippen molar-refractivity contribution in [3.05, 3.63) is 65.7 Å². The minimum Gasteiger partial charge on any atom is -0.497 e. The highest BCUT2D eigenvalue weighted by atomic mass is 19.4. The van der Waals surface area contributed by atoms with Crippen LogP contribution in [0.1, 0.15) is 23.7 Å². The molecule has 0 saturated heterocycles. The third-order valence-electron chi connectivity index (χ3n) is 4.40. The Kier molecular flexibility index (Phi) is 5.14. The molecule has 0 fully saturated rings. The second-order valence-corrected chi connectivity index (χ2v) is 6.23. The number of hydrogen-bond acceptors (Lipinski definition) is 5. The number of ether oxygens (including phenoxy) is 1. The molecule has 0 aromatic heterocycles. The summed E-state index contributed by atoms with van der Waals surface area (Å²) in [4.78, 5) is 12.6. The van der Waals surface area contributed by atoms with Crippen molar-refractivity contribution in [1.29, 1.82) is 0 Å². The third kappa shape index (κ3) is 3.46. The fourth-order valence-electron chi connectivity index (χ4n) is 2.86. The van der Waals surface area contributed by atoms with Gasteiger partial charge in [0.1, 0.15) is 5.75 Å². The SMILES string of the molecule is COc1cccc(C2=NN(C(=O)C(O)c3ccccc3)C(O)(C(F)(F)F)C2)c1. The number of carbonyl (C=O) groups is 1. The van der Waals surface area contributed by atoms with Crippen molar-refractivity contribution in [3.63, 3.8) is 0 Å². The summed E-state index contributed by atoms with van der Waals surface area (Å²) in [7, 11) is 1.40. The van der Waals surface area contributed by atoms with Crippen molar-refractivity contribution in [2.45, 2.75) is 24.4 Å². The first-order valence-corrected chi connectivity index (χ1v) is 8.25. The zero-order chi connectivity index (χ0) is 20.5. The van der Waals surface area contributed by atoms with Gasteiger partial charge in [-0.3, -0.25) is 4.79 Å². The van der Waals surface area contributed by atoms with Gasteiger partial charge in [-0.15, -0.1) is 0 Å². The van der Waals surface area contributed by atoms with E-state index in [9.17, 15) is 28.2 Å². The zero-order valence-corrected chi connectivity index (χ0v) is 14.7. The number of amides is 1. The summed E-state index contributed by atoms with van der Waals surface area (Å²) in [5.41, 5.74) is -3.39. The van der Waals surface area contributed by atoms with Crippen LogP contribution < -0.4 is 4.74 Å². The molecule has 2 unspecified atom stereocenters. The van der Waals surface area contributed by atoms with Gasteiger partial charge in [-0.2, -0.15) is 23.3 Å². The van der Waals surface area contributed by atoms with Crippen molar-refractivity contribution in [3.8, 4) is 5.75 Å².